The van der Waals surface area contributed by atoms with E-state index < -0.39 is 0 Å². The maximum atomic E-state index is 4.10. The van der Waals surface area contributed by atoms with E-state index in [1.54, 1.807) is 0 Å². The fraction of sp³-hybridized carbons (Fsp3) is 0.643. The van der Waals surface area contributed by atoms with Crippen molar-refractivity contribution in [1.82, 2.24) is 15.2 Å². The first-order valence-corrected chi connectivity index (χ1v) is 6.68. The SMILES string of the molecule is CCCCN(CC)CCNCc1cccnc1. The van der Waals surface area contributed by atoms with E-state index in [9.17, 15) is 0 Å². The Hall–Kier alpha value is -0.930. The molecule has 1 aromatic rings. The van der Waals surface area contributed by atoms with Gasteiger partial charge in [-0.05, 0) is 31.1 Å². The highest BCUT2D eigenvalue weighted by molar-refractivity contribution is 5.07. The van der Waals surface area contributed by atoms with Gasteiger partial charge >= 0.3 is 0 Å². The molecule has 1 aromatic heterocycles. The fourth-order valence-electron chi connectivity index (χ4n) is 1.78. The van der Waals surface area contributed by atoms with Crippen LogP contribution in [0.1, 0.15) is 32.3 Å². The van der Waals surface area contributed by atoms with Crippen molar-refractivity contribution in [1.29, 1.82) is 0 Å². The van der Waals surface area contributed by atoms with E-state index in [2.05, 4.69) is 35.1 Å². The lowest BCUT2D eigenvalue weighted by atomic mass is 10.3. The van der Waals surface area contributed by atoms with Crippen LogP contribution in [0.2, 0.25) is 0 Å². The van der Waals surface area contributed by atoms with Crippen molar-refractivity contribution in [3.05, 3.63) is 30.1 Å². The molecular weight excluding hydrogens is 210 g/mol. The molecule has 0 saturated heterocycles. The summed E-state index contributed by atoms with van der Waals surface area (Å²) < 4.78 is 0. The van der Waals surface area contributed by atoms with Crippen molar-refractivity contribution < 1.29 is 0 Å². The predicted octanol–water partition coefficient (Wildman–Crippen LogP) is 2.29. The minimum absolute atomic E-state index is 0.916. The minimum atomic E-state index is 0.916. The standard InChI is InChI=1S/C14H25N3/c1-3-5-10-17(4-2)11-9-16-13-14-7-6-8-15-12-14/h6-8,12,16H,3-5,9-11,13H2,1-2H3. The maximum absolute atomic E-state index is 4.10. The summed E-state index contributed by atoms with van der Waals surface area (Å²) in [4.78, 5) is 6.60. The number of rotatable bonds is 9. The number of unbranched alkanes of at least 4 members (excludes halogenated alkanes) is 1. The zero-order valence-electron chi connectivity index (χ0n) is 11.2. The van der Waals surface area contributed by atoms with Crippen molar-refractivity contribution in [2.45, 2.75) is 33.2 Å². The van der Waals surface area contributed by atoms with Gasteiger partial charge in [-0.15, -0.1) is 0 Å². The zero-order valence-corrected chi connectivity index (χ0v) is 11.2. The van der Waals surface area contributed by atoms with Crippen molar-refractivity contribution in [3.8, 4) is 0 Å². The predicted molar refractivity (Wildman–Crippen MR) is 73.0 cm³/mol. The molecule has 0 aliphatic heterocycles. The van der Waals surface area contributed by atoms with E-state index in [1.165, 1.54) is 24.9 Å². The molecule has 0 saturated carbocycles. The summed E-state index contributed by atoms with van der Waals surface area (Å²) in [6, 6.07) is 4.09. The van der Waals surface area contributed by atoms with Crippen LogP contribution in [0.3, 0.4) is 0 Å². The van der Waals surface area contributed by atoms with Crippen LogP contribution in [0, 0.1) is 0 Å². The van der Waals surface area contributed by atoms with Crippen LogP contribution >= 0.6 is 0 Å². The number of nitrogens with zero attached hydrogens (tertiary/aromatic N) is 2. The molecule has 0 atom stereocenters. The molecule has 96 valence electrons. The van der Waals surface area contributed by atoms with Crippen molar-refractivity contribution in [2.75, 3.05) is 26.2 Å². The third kappa shape index (κ3) is 6.39. The van der Waals surface area contributed by atoms with Gasteiger partial charge in [0.2, 0.25) is 0 Å². The molecule has 17 heavy (non-hydrogen) atoms. The van der Waals surface area contributed by atoms with Gasteiger partial charge in [0.25, 0.3) is 0 Å². The monoisotopic (exact) mass is 235 g/mol. The van der Waals surface area contributed by atoms with Crippen LogP contribution in [0.5, 0.6) is 0 Å². The molecule has 0 bridgehead atoms. The van der Waals surface area contributed by atoms with E-state index in [-0.39, 0.29) is 0 Å². The van der Waals surface area contributed by atoms with Gasteiger partial charge in [0.05, 0.1) is 0 Å². The summed E-state index contributed by atoms with van der Waals surface area (Å²) in [7, 11) is 0. The number of hydrogen-bond acceptors (Lipinski definition) is 3. The molecule has 1 heterocycles. The summed E-state index contributed by atoms with van der Waals surface area (Å²) in [6.07, 6.45) is 6.31. The van der Waals surface area contributed by atoms with E-state index in [1.807, 2.05) is 18.5 Å². The third-order valence-electron chi connectivity index (χ3n) is 2.93. The molecule has 0 unspecified atom stereocenters. The molecule has 3 nitrogen and oxygen atoms in total. The van der Waals surface area contributed by atoms with Gasteiger partial charge in [-0.3, -0.25) is 4.98 Å². The third-order valence-corrected chi connectivity index (χ3v) is 2.93. The Kier molecular flexibility index (Phi) is 7.60. The van der Waals surface area contributed by atoms with Crippen LogP contribution < -0.4 is 5.32 Å². The summed E-state index contributed by atoms with van der Waals surface area (Å²) >= 11 is 0. The highest BCUT2D eigenvalue weighted by Crippen LogP contribution is 1.95. The first-order chi connectivity index (χ1) is 8.36. The molecule has 1 N–H and O–H groups in total. The average Bonchev–Trinajstić information content (AvgIpc) is 2.39. The van der Waals surface area contributed by atoms with Gasteiger partial charge in [-0.25, -0.2) is 0 Å². The van der Waals surface area contributed by atoms with Gasteiger partial charge in [0.15, 0.2) is 0 Å². The molecule has 0 fully saturated rings. The number of likely N-dealkylation sites (N-methyl/N-ethyl adjacent to an activating group) is 1. The van der Waals surface area contributed by atoms with Crippen LogP contribution in [-0.2, 0) is 6.54 Å². The van der Waals surface area contributed by atoms with Crippen LogP contribution in [0.4, 0.5) is 0 Å². The lowest BCUT2D eigenvalue weighted by Gasteiger charge is -2.20. The molecule has 1 rings (SSSR count). The molecule has 0 amide bonds. The number of pyridine rings is 1. The van der Waals surface area contributed by atoms with Gasteiger partial charge in [-0.1, -0.05) is 26.3 Å². The molecule has 0 radical (unpaired) electrons. The lowest BCUT2D eigenvalue weighted by Crippen LogP contribution is -2.32. The van der Waals surface area contributed by atoms with E-state index in [0.717, 1.165) is 26.2 Å². The molecule has 0 aromatic carbocycles. The van der Waals surface area contributed by atoms with Gasteiger partial charge in [-0.2, -0.15) is 0 Å². The highest BCUT2D eigenvalue weighted by atomic mass is 15.1. The van der Waals surface area contributed by atoms with Gasteiger partial charge in [0, 0.05) is 32.0 Å². The van der Waals surface area contributed by atoms with E-state index in [4.69, 9.17) is 0 Å². The first kappa shape index (κ1) is 14.1. The second-order valence-corrected chi connectivity index (χ2v) is 4.33. The Bertz CT molecular complexity index is 274. The topological polar surface area (TPSA) is 28.2 Å². The van der Waals surface area contributed by atoms with Crippen LogP contribution in [0.15, 0.2) is 24.5 Å². The fourth-order valence-corrected chi connectivity index (χ4v) is 1.78. The number of nitrogens with one attached hydrogen (secondary N) is 1. The van der Waals surface area contributed by atoms with Crippen molar-refractivity contribution in [3.63, 3.8) is 0 Å². The molecule has 0 aliphatic rings. The zero-order chi connectivity index (χ0) is 12.3. The largest absolute Gasteiger partial charge is 0.311 e. The van der Waals surface area contributed by atoms with Crippen LogP contribution in [-0.4, -0.2) is 36.1 Å². The van der Waals surface area contributed by atoms with E-state index in [0.29, 0.717) is 0 Å². The normalized spacial score (nSPS) is 11.0. The average molecular weight is 235 g/mol. The Labute approximate surface area is 105 Å². The van der Waals surface area contributed by atoms with Gasteiger partial charge in [0.1, 0.15) is 0 Å². The summed E-state index contributed by atoms with van der Waals surface area (Å²) in [5, 5.41) is 3.46. The number of hydrogen-bond donors (Lipinski definition) is 1. The second kappa shape index (κ2) is 9.14. The number of aromatic nitrogens is 1. The Morgan fingerprint density at radius 2 is 2.18 bits per heavy atom. The smallest absolute Gasteiger partial charge is 0.0312 e. The molecule has 0 aliphatic carbocycles. The molecular formula is C14H25N3. The van der Waals surface area contributed by atoms with Gasteiger partial charge < -0.3 is 10.2 Å². The summed E-state index contributed by atoms with van der Waals surface area (Å²) in [5.41, 5.74) is 1.25. The Balaban J connectivity index is 2.10. The van der Waals surface area contributed by atoms with Crippen LogP contribution in [0.25, 0.3) is 0 Å². The highest BCUT2D eigenvalue weighted by Gasteiger charge is 2.00. The molecule has 0 spiro atoms. The van der Waals surface area contributed by atoms with Crippen molar-refractivity contribution >= 4 is 0 Å². The maximum Gasteiger partial charge on any atom is 0.0312 e. The first-order valence-electron chi connectivity index (χ1n) is 6.68. The van der Waals surface area contributed by atoms with E-state index >= 15 is 0 Å². The van der Waals surface area contributed by atoms with Crippen molar-refractivity contribution in [2.24, 2.45) is 0 Å². The lowest BCUT2D eigenvalue weighted by molar-refractivity contribution is 0.282. The Morgan fingerprint density at radius 1 is 1.29 bits per heavy atom. The summed E-state index contributed by atoms with van der Waals surface area (Å²) in [5.74, 6) is 0. The quantitative estimate of drug-likeness (QED) is 0.666. The molecule has 3 heteroatoms. The minimum Gasteiger partial charge on any atom is -0.311 e. The second-order valence-electron chi connectivity index (χ2n) is 4.33. The Morgan fingerprint density at radius 3 is 2.82 bits per heavy atom. The summed E-state index contributed by atoms with van der Waals surface area (Å²) in [6.45, 7) is 9.95.